The largest absolute Gasteiger partial charge is 0.483 e. The normalized spacial score (nSPS) is 10.9. The Morgan fingerprint density at radius 3 is 2.35 bits per heavy atom. The van der Waals surface area contributed by atoms with Crippen LogP contribution in [0, 0.1) is 5.82 Å². The van der Waals surface area contributed by atoms with Gasteiger partial charge in [0.15, 0.2) is 11.7 Å². The molecule has 8 nitrogen and oxygen atoms in total. The fourth-order valence-electron chi connectivity index (χ4n) is 3.76. The first kappa shape index (κ1) is 29.7. The zero-order valence-electron chi connectivity index (χ0n) is 22.2. The summed E-state index contributed by atoms with van der Waals surface area (Å²) in [5.41, 5.74) is 6.26. The highest BCUT2D eigenvalue weighted by Crippen LogP contribution is 2.28. The molecule has 0 atom stereocenters. The van der Waals surface area contributed by atoms with Gasteiger partial charge < -0.3 is 15.4 Å². The van der Waals surface area contributed by atoms with Gasteiger partial charge in [-0.2, -0.15) is 5.10 Å². The van der Waals surface area contributed by atoms with Gasteiger partial charge in [-0.25, -0.2) is 14.8 Å². The van der Waals surface area contributed by atoms with Crippen LogP contribution in [0.5, 0.6) is 5.75 Å². The number of rotatable bonds is 10. The Morgan fingerprint density at radius 2 is 1.60 bits per heavy atom. The molecule has 0 aliphatic rings. The number of amides is 2. The molecule has 0 aliphatic carbocycles. The smallest absolute Gasteiger partial charge is 0.271 e. The van der Waals surface area contributed by atoms with Crippen LogP contribution in [0.2, 0.25) is 10.0 Å². The number of hydrogen-bond acceptors (Lipinski definition) is 7. The van der Waals surface area contributed by atoms with Crippen molar-refractivity contribution in [3.63, 3.8) is 0 Å². The van der Waals surface area contributed by atoms with Gasteiger partial charge in [0.2, 0.25) is 0 Å². The maximum absolute atomic E-state index is 13.1. The molecule has 0 bridgehead atoms. The highest BCUT2D eigenvalue weighted by atomic mass is 35.5. The van der Waals surface area contributed by atoms with Gasteiger partial charge in [-0.3, -0.25) is 9.59 Å². The molecule has 43 heavy (non-hydrogen) atoms. The standard InChI is InChI=1S/C31H22Cl2FN5O3S/c32-22-5-10-26(11-6-22)37-31-38-27(18-43-31)19-1-3-20(4-2-19)30(41)39-35-16-21-15-23(33)7-14-28(21)42-17-29(40)36-25-12-8-24(34)9-13-25/h1-16,18H,17H2,(H,36,40)(H,37,38)(H,39,41)/b35-16-. The van der Waals surface area contributed by atoms with E-state index in [1.807, 2.05) is 17.5 Å². The fraction of sp³-hybridized carbons (Fsp3) is 0.0323. The number of hydrazone groups is 1. The summed E-state index contributed by atoms with van der Waals surface area (Å²) >= 11 is 13.5. The van der Waals surface area contributed by atoms with Gasteiger partial charge in [0.25, 0.3) is 11.8 Å². The third-order valence-corrected chi connectivity index (χ3v) is 7.12. The molecule has 0 aliphatic heterocycles. The van der Waals surface area contributed by atoms with E-state index in [-0.39, 0.29) is 6.61 Å². The van der Waals surface area contributed by atoms with E-state index in [4.69, 9.17) is 27.9 Å². The average molecular weight is 635 g/mol. The van der Waals surface area contributed by atoms with E-state index >= 15 is 0 Å². The summed E-state index contributed by atoms with van der Waals surface area (Å²) in [7, 11) is 0. The van der Waals surface area contributed by atoms with Crippen LogP contribution in [0.4, 0.5) is 20.9 Å². The first-order chi connectivity index (χ1) is 20.8. The Labute approximate surface area is 260 Å². The van der Waals surface area contributed by atoms with Crippen molar-refractivity contribution in [3.05, 3.63) is 123 Å². The summed E-state index contributed by atoms with van der Waals surface area (Å²) in [5.74, 6) is -0.937. The second-order valence-electron chi connectivity index (χ2n) is 8.97. The number of hydrogen-bond donors (Lipinski definition) is 3. The molecule has 12 heteroatoms. The maximum atomic E-state index is 13.1. The van der Waals surface area contributed by atoms with E-state index in [0.29, 0.717) is 32.6 Å². The SMILES string of the molecule is O=C(COc1ccc(Cl)cc1/C=N\NC(=O)c1ccc(-c2csc(Nc3ccc(Cl)cc3)n2)cc1)Nc1ccc(F)cc1. The lowest BCUT2D eigenvalue weighted by molar-refractivity contribution is -0.118. The van der Waals surface area contributed by atoms with Gasteiger partial charge in [-0.1, -0.05) is 35.3 Å². The van der Waals surface area contributed by atoms with Crippen molar-refractivity contribution >= 4 is 69.1 Å². The predicted molar refractivity (Wildman–Crippen MR) is 169 cm³/mol. The Balaban J connectivity index is 1.16. The number of carbonyl (C=O) groups is 2. The molecule has 216 valence electrons. The van der Waals surface area contributed by atoms with E-state index < -0.39 is 17.6 Å². The van der Waals surface area contributed by atoms with E-state index in [1.165, 1.54) is 41.8 Å². The molecule has 0 unspecified atom stereocenters. The molecule has 5 aromatic rings. The van der Waals surface area contributed by atoms with E-state index in [1.54, 1.807) is 54.6 Å². The topological polar surface area (TPSA) is 105 Å². The third-order valence-electron chi connectivity index (χ3n) is 5.87. The number of thiazole rings is 1. The molecule has 2 amide bonds. The quantitative estimate of drug-likeness (QED) is 0.108. The molecule has 1 heterocycles. The number of benzene rings is 4. The summed E-state index contributed by atoms with van der Waals surface area (Å²) in [6, 6.07) is 24.5. The number of aromatic nitrogens is 1. The van der Waals surface area contributed by atoms with Crippen LogP contribution in [0.15, 0.2) is 101 Å². The number of carbonyl (C=O) groups excluding carboxylic acids is 2. The highest BCUT2D eigenvalue weighted by molar-refractivity contribution is 7.14. The van der Waals surface area contributed by atoms with E-state index in [0.717, 1.165) is 22.1 Å². The monoisotopic (exact) mass is 633 g/mol. The van der Waals surface area contributed by atoms with Crippen molar-refractivity contribution < 1.29 is 18.7 Å². The van der Waals surface area contributed by atoms with Gasteiger partial charge in [0.05, 0.1) is 11.9 Å². The number of halogens is 3. The Morgan fingerprint density at radius 1 is 0.907 bits per heavy atom. The van der Waals surface area contributed by atoms with Crippen molar-refractivity contribution in [1.29, 1.82) is 0 Å². The van der Waals surface area contributed by atoms with Crippen LogP contribution in [-0.4, -0.2) is 29.6 Å². The summed E-state index contributed by atoms with van der Waals surface area (Å²) in [4.78, 5) is 29.5. The van der Waals surface area contributed by atoms with Crippen LogP contribution in [0.1, 0.15) is 15.9 Å². The minimum absolute atomic E-state index is 0.309. The first-order valence-corrected chi connectivity index (χ1v) is 14.4. The lowest BCUT2D eigenvalue weighted by Crippen LogP contribution is -2.20. The second-order valence-corrected chi connectivity index (χ2v) is 10.7. The Kier molecular flexibility index (Phi) is 9.63. The minimum Gasteiger partial charge on any atom is -0.483 e. The van der Waals surface area contributed by atoms with E-state index in [9.17, 15) is 14.0 Å². The molecular formula is C31H22Cl2FN5O3S. The minimum atomic E-state index is -0.437. The van der Waals surface area contributed by atoms with Gasteiger partial charge in [-0.15, -0.1) is 11.3 Å². The summed E-state index contributed by atoms with van der Waals surface area (Å²) < 4.78 is 18.7. The lowest BCUT2D eigenvalue weighted by Gasteiger charge is -2.10. The lowest BCUT2D eigenvalue weighted by atomic mass is 10.1. The molecule has 5 rings (SSSR count). The van der Waals surface area contributed by atoms with Crippen molar-refractivity contribution in [3.8, 4) is 17.0 Å². The van der Waals surface area contributed by atoms with Crippen molar-refractivity contribution in [2.24, 2.45) is 5.10 Å². The maximum Gasteiger partial charge on any atom is 0.271 e. The predicted octanol–water partition coefficient (Wildman–Crippen LogP) is 7.78. The van der Waals surface area contributed by atoms with Crippen LogP contribution in [-0.2, 0) is 4.79 Å². The van der Waals surface area contributed by atoms with Gasteiger partial charge >= 0.3 is 0 Å². The molecule has 0 fully saturated rings. The second kappa shape index (κ2) is 13.9. The Hall–Kier alpha value is -4.77. The molecule has 0 spiro atoms. The van der Waals surface area contributed by atoms with Crippen LogP contribution < -0.4 is 20.8 Å². The molecular weight excluding hydrogens is 612 g/mol. The van der Waals surface area contributed by atoms with E-state index in [2.05, 4.69) is 26.1 Å². The van der Waals surface area contributed by atoms with Crippen molar-refractivity contribution in [2.45, 2.75) is 0 Å². The van der Waals surface area contributed by atoms with Crippen LogP contribution >= 0.6 is 34.5 Å². The first-order valence-electron chi connectivity index (χ1n) is 12.7. The van der Waals surface area contributed by atoms with Crippen molar-refractivity contribution in [2.75, 3.05) is 17.2 Å². The number of anilines is 3. The van der Waals surface area contributed by atoms with Gasteiger partial charge in [-0.05, 0) is 78.9 Å². The molecule has 3 N–H and O–H groups in total. The molecule has 1 aromatic heterocycles. The average Bonchev–Trinajstić information content (AvgIpc) is 3.47. The summed E-state index contributed by atoms with van der Waals surface area (Å²) in [6.07, 6.45) is 1.37. The zero-order valence-corrected chi connectivity index (χ0v) is 24.5. The zero-order chi connectivity index (χ0) is 30.2. The van der Waals surface area contributed by atoms with Crippen LogP contribution in [0.25, 0.3) is 11.3 Å². The molecule has 0 radical (unpaired) electrons. The fourth-order valence-corrected chi connectivity index (χ4v) is 4.81. The molecule has 0 saturated heterocycles. The number of nitrogens with zero attached hydrogens (tertiary/aromatic N) is 2. The van der Waals surface area contributed by atoms with Gasteiger partial charge in [0.1, 0.15) is 11.6 Å². The molecule has 0 saturated carbocycles. The van der Waals surface area contributed by atoms with Crippen molar-refractivity contribution in [1.82, 2.24) is 10.4 Å². The summed E-state index contributed by atoms with van der Waals surface area (Å²) in [5, 5.41) is 13.6. The highest BCUT2D eigenvalue weighted by Gasteiger charge is 2.10. The van der Waals surface area contributed by atoms with Gasteiger partial charge in [0, 0.05) is 43.5 Å². The summed E-state index contributed by atoms with van der Waals surface area (Å²) in [6.45, 7) is -0.309. The molecule has 4 aromatic carbocycles. The van der Waals surface area contributed by atoms with Crippen LogP contribution in [0.3, 0.4) is 0 Å². The number of ether oxygens (including phenoxy) is 1. The number of nitrogens with one attached hydrogen (secondary N) is 3. The Bertz CT molecular complexity index is 1760. The third kappa shape index (κ3) is 8.39.